The molecule has 12 heteroatoms. The molecule has 0 unspecified atom stereocenters. The zero-order chi connectivity index (χ0) is 24.1. The zero-order valence-corrected chi connectivity index (χ0v) is 20.0. The van der Waals surface area contributed by atoms with Crippen molar-refractivity contribution in [1.82, 2.24) is 14.8 Å². The molecule has 33 heavy (non-hydrogen) atoms. The van der Waals surface area contributed by atoms with Gasteiger partial charge in [-0.25, -0.2) is 9.59 Å². The van der Waals surface area contributed by atoms with Crippen LogP contribution in [0.15, 0.2) is 41.6 Å². The van der Waals surface area contributed by atoms with Gasteiger partial charge in [0.1, 0.15) is 0 Å². The summed E-state index contributed by atoms with van der Waals surface area (Å²) in [5.41, 5.74) is 1.12. The molecule has 0 fully saturated rings. The van der Waals surface area contributed by atoms with E-state index in [4.69, 9.17) is 27.9 Å². The number of carbonyl (C=O) groups excluding carboxylic acids is 3. The van der Waals surface area contributed by atoms with Crippen LogP contribution < -0.4 is 5.32 Å². The number of halogens is 2. The quantitative estimate of drug-likeness (QED) is 0.375. The van der Waals surface area contributed by atoms with Crippen LogP contribution in [-0.4, -0.2) is 52.6 Å². The monoisotopic (exact) mass is 508 g/mol. The van der Waals surface area contributed by atoms with Crippen molar-refractivity contribution in [2.75, 3.05) is 25.3 Å². The van der Waals surface area contributed by atoms with Crippen molar-refractivity contribution in [2.24, 2.45) is 7.05 Å². The first-order valence-corrected chi connectivity index (χ1v) is 11.1. The lowest BCUT2D eigenvalue weighted by atomic mass is 10.1. The Bertz CT molecular complexity index is 1230. The van der Waals surface area contributed by atoms with Gasteiger partial charge in [-0.2, -0.15) is 0 Å². The Morgan fingerprint density at radius 3 is 2.39 bits per heavy atom. The summed E-state index contributed by atoms with van der Waals surface area (Å²) in [5, 5.41) is 12.2. The number of carbonyl (C=O) groups is 3. The number of esters is 2. The van der Waals surface area contributed by atoms with Gasteiger partial charge in [-0.05, 0) is 36.4 Å². The van der Waals surface area contributed by atoms with E-state index in [1.54, 1.807) is 29.8 Å². The van der Waals surface area contributed by atoms with Crippen molar-refractivity contribution >= 4 is 58.5 Å². The highest BCUT2D eigenvalue weighted by molar-refractivity contribution is 7.99. The van der Waals surface area contributed by atoms with Crippen molar-refractivity contribution in [2.45, 2.75) is 5.16 Å². The van der Waals surface area contributed by atoms with Crippen molar-refractivity contribution < 1.29 is 23.9 Å². The van der Waals surface area contributed by atoms with Gasteiger partial charge < -0.3 is 19.4 Å². The highest BCUT2D eigenvalue weighted by Crippen LogP contribution is 2.29. The first kappa shape index (κ1) is 24.6. The minimum absolute atomic E-state index is 0.0313. The fourth-order valence-corrected chi connectivity index (χ4v) is 3.83. The molecule has 1 heterocycles. The van der Waals surface area contributed by atoms with Gasteiger partial charge in [0.2, 0.25) is 5.91 Å². The predicted octanol–water partition coefficient (Wildman–Crippen LogP) is 4.09. The fourth-order valence-electron chi connectivity index (χ4n) is 2.82. The van der Waals surface area contributed by atoms with Crippen molar-refractivity contribution in [1.29, 1.82) is 0 Å². The summed E-state index contributed by atoms with van der Waals surface area (Å²) in [6.07, 6.45) is 0. The molecule has 1 N–H and O–H groups in total. The van der Waals surface area contributed by atoms with Crippen molar-refractivity contribution in [3.8, 4) is 11.4 Å². The number of ether oxygens (including phenoxy) is 2. The number of hydrogen-bond acceptors (Lipinski definition) is 8. The Morgan fingerprint density at radius 1 is 1.00 bits per heavy atom. The molecular weight excluding hydrogens is 491 g/mol. The molecule has 2 aromatic carbocycles. The van der Waals surface area contributed by atoms with E-state index < -0.39 is 17.8 Å². The summed E-state index contributed by atoms with van der Waals surface area (Å²) >= 11 is 13.2. The maximum Gasteiger partial charge on any atom is 0.339 e. The highest BCUT2D eigenvalue weighted by atomic mass is 35.5. The van der Waals surface area contributed by atoms with Gasteiger partial charge >= 0.3 is 11.9 Å². The van der Waals surface area contributed by atoms with Crippen LogP contribution in [0.5, 0.6) is 0 Å². The minimum atomic E-state index is -0.658. The molecule has 9 nitrogen and oxygen atoms in total. The van der Waals surface area contributed by atoms with Crippen LogP contribution in [0, 0.1) is 0 Å². The molecule has 0 saturated heterocycles. The topological polar surface area (TPSA) is 112 Å². The smallest absolute Gasteiger partial charge is 0.339 e. The number of nitrogens with zero attached hydrogens (tertiary/aromatic N) is 3. The Kier molecular flexibility index (Phi) is 7.96. The maximum atomic E-state index is 12.6. The highest BCUT2D eigenvalue weighted by Gasteiger charge is 2.19. The molecular formula is C21H18Cl2N4O5S. The molecule has 0 saturated carbocycles. The zero-order valence-electron chi connectivity index (χ0n) is 17.7. The number of nitrogens with one attached hydrogen (secondary N) is 1. The van der Waals surface area contributed by atoms with Crippen molar-refractivity contribution in [3.05, 3.63) is 57.6 Å². The summed E-state index contributed by atoms with van der Waals surface area (Å²) in [4.78, 5) is 36.4. The first-order valence-electron chi connectivity index (χ1n) is 9.33. The van der Waals surface area contributed by atoms with Crippen LogP contribution in [0.1, 0.15) is 20.7 Å². The number of amides is 1. The summed E-state index contributed by atoms with van der Waals surface area (Å²) < 4.78 is 11.1. The normalized spacial score (nSPS) is 10.6. The van der Waals surface area contributed by atoms with E-state index in [-0.39, 0.29) is 22.6 Å². The molecule has 1 amide bonds. The molecule has 1 aromatic heterocycles. The molecule has 0 bridgehead atoms. The number of hydrogen-bond donors (Lipinski definition) is 1. The third-order valence-corrected chi connectivity index (χ3v) is 6.22. The molecule has 3 rings (SSSR count). The predicted molar refractivity (Wildman–Crippen MR) is 125 cm³/mol. The summed E-state index contributed by atoms with van der Waals surface area (Å²) in [7, 11) is 4.21. The molecule has 3 aromatic rings. The number of thioether (sulfide) groups is 1. The minimum Gasteiger partial charge on any atom is -0.465 e. The Morgan fingerprint density at radius 2 is 1.73 bits per heavy atom. The van der Waals surface area contributed by atoms with E-state index in [1.807, 2.05) is 0 Å². The third kappa shape index (κ3) is 5.65. The molecule has 0 aliphatic heterocycles. The lowest BCUT2D eigenvalue weighted by Gasteiger charge is -2.11. The third-order valence-electron chi connectivity index (χ3n) is 4.47. The Hall–Kier alpha value is -3.08. The van der Waals surface area contributed by atoms with E-state index in [0.29, 0.717) is 21.0 Å². The molecule has 0 spiro atoms. The van der Waals surface area contributed by atoms with Crippen molar-refractivity contribution in [3.63, 3.8) is 0 Å². The van der Waals surface area contributed by atoms with Gasteiger partial charge in [0.25, 0.3) is 0 Å². The Labute approximate surface area is 203 Å². The van der Waals surface area contributed by atoms with E-state index in [9.17, 15) is 14.4 Å². The molecule has 0 radical (unpaired) electrons. The average molecular weight is 509 g/mol. The van der Waals surface area contributed by atoms with Gasteiger partial charge in [-0.15, -0.1) is 10.2 Å². The van der Waals surface area contributed by atoms with Crippen LogP contribution >= 0.6 is 35.0 Å². The Balaban J connectivity index is 1.74. The van der Waals surface area contributed by atoms with Gasteiger partial charge in [-0.1, -0.05) is 35.0 Å². The van der Waals surface area contributed by atoms with Gasteiger partial charge in [0.05, 0.1) is 46.8 Å². The number of benzene rings is 2. The van der Waals surface area contributed by atoms with Crippen LogP contribution in [0.2, 0.25) is 10.0 Å². The number of anilines is 1. The van der Waals surface area contributed by atoms with E-state index in [0.717, 1.165) is 17.3 Å². The van der Waals surface area contributed by atoms with E-state index >= 15 is 0 Å². The summed E-state index contributed by atoms with van der Waals surface area (Å²) in [6.45, 7) is 0. The first-order chi connectivity index (χ1) is 15.7. The van der Waals surface area contributed by atoms with Crippen LogP contribution in [0.4, 0.5) is 5.69 Å². The van der Waals surface area contributed by atoms with E-state index in [2.05, 4.69) is 20.3 Å². The second-order valence-corrected chi connectivity index (χ2v) is 8.33. The number of aromatic nitrogens is 3. The largest absolute Gasteiger partial charge is 0.465 e. The lowest BCUT2D eigenvalue weighted by molar-refractivity contribution is -0.113. The van der Waals surface area contributed by atoms with Crippen LogP contribution in [-0.2, 0) is 21.3 Å². The van der Waals surface area contributed by atoms with Gasteiger partial charge in [0, 0.05) is 12.6 Å². The lowest BCUT2D eigenvalue weighted by Crippen LogP contribution is -2.18. The van der Waals surface area contributed by atoms with E-state index in [1.165, 1.54) is 32.4 Å². The van der Waals surface area contributed by atoms with Crippen LogP contribution in [0.3, 0.4) is 0 Å². The summed E-state index contributed by atoms with van der Waals surface area (Å²) in [5.74, 6) is -1.17. The second-order valence-electron chi connectivity index (χ2n) is 6.57. The number of methoxy groups -OCH3 is 2. The standard InChI is InChI=1S/C21H18Cl2N4O5S/c1-27-18(11-5-7-14(22)15(23)8-11)25-26-21(27)33-10-17(28)24-16-9-12(19(29)31-2)4-6-13(16)20(30)32-3/h4-9H,10H2,1-3H3,(H,24,28). The molecule has 172 valence electrons. The second kappa shape index (κ2) is 10.7. The van der Waals surface area contributed by atoms with Gasteiger partial charge in [0.15, 0.2) is 11.0 Å². The number of rotatable bonds is 7. The maximum absolute atomic E-state index is 12.6. The SMILES string of the molecule is COC(=O)c1ccc(C(=O)OC)c(NC(=O)CSc2nnc(-c3ccc(Cl)c(Cl)c3)n2C)c1. The fraction of sp³-hybridized carbons (Fsp3) is 0.190. The average Bonchev–Trinajstić information content (AvgIpc) is 3.18. The van der Waals surface area contributed by atoms with Crippen LogP contribution in [0.25, 0.3) is 11.4 Å². The summed E-state index contributed by atoms with van der Waals surface area (Å²) in [6, 6.07) is 9.25. The van der Waals surface area contributed by atoms with Gasteiger partial charge in [-0.3, -0.25) is 4.79 Å². The molecule has 0 aliphatic rings. The molecule has 0 aliphatic carbocycles. The molecule has 0 atom stereocenters.